The van der Waals surface area contributed by atoms with Crippen LogP contribution in [0.5, 0.6) is 5.75 Å². The molecule has 1 fully saturated rings. The van der Waals surface area contributed by atoms with E-state index >= 15 is 0 Å². The second-order valence-corrected chi connectivity index (χ2v) is 10.4. The van der Waals surface area contributed by atoms with Crippen LogP contribution in [0, 0.1) is 5.82 Å². The molecule has 0 aliphatic carbocycles. The average Bonchev–Trinajstić information content (AvgIpc) is 2.93. The predicted octanol–water partition coefficient (Wildman–Crippen LogP) is 6.38. The Morgan fingerprint density at radius 1 is 1.08 bits per heavy atom. The molecule has 1 saturated heterocycles. The molecule has 1 amide bonds. The Labute approximate surface area is 234 Å². The van der Waals surface area contributed by atoms with Gasteiger partial charge in [-0.2, -0.15) is 0 Å². The summed E-state index contributed by atoms with van der Waals surface area (Å²) in [6.45, 7) is 9.92. The van der Waals surface area contributed by atoms with E-state index in [2.05, 4.69) is 47.9 Å². The molecular formula is C29H34ClFN4O2S. The number of rotatable bonds is 10. The number of hydrogen-bond donors (Lipinski definition) is 0. The van der Waals surface area contributed by atoms with Gasteiger partial charge >= 0.3 is 6.09 Å². The molecule has 9 heteroatoms. The molecular weight excluding hydrogens is 523 g/mol. The van der Waals surface area contributed by atoms with Gasteiger partial charge in [0.1, 0.15) is 17.4 Å². The Kier molecular flexibility index (Phi) is 9.88. The number of thiocarbonyl (C=S) groups is 1. The van der Waals surface area contributed by atoms with Gasteiger partial charge in [0.25, 0.3) is 0 Å². The van der Waals surface area contributed by atoms with Gasteiger partial charge in [-0.25, -0.2) is 14.2 Å². The second-order valence-electron chi connectivity index (χ2n) is 9.46. The Balaban J connectivity index is 1.29. The first-order chi connectivity index (χ1) is 18.4. The molecule has 2 heterocycles. The van der Waals surface area contributed by atoms with Crippen molar-refractivity contribution in [3.8, 4) is 5.75 Å². The first-order valence-corrected chi connectivity index (χ1v) is 14.0. The maximum Gasteiger partial charge on any atom is 0.415 e. The highest BCUT2D eigenvalue weighted by molar-refractivity contribution is 7.80. The lowest BCUT2D eigenvalue weighted by molar-refractivity contribution is 0.149. The van der Waals surface area contributed by atoms with Gasteiger partial charge in [0.05, 0.1) is 10.5 Å². The van der Waals surface area contributed by atoms with Crippen LogP contribution >= 0.6 is 23.8 Å². The van der Waals surface area contributed by atoms with Crippen molar-refractivity contribution in [1.82, 2.24) is 14.8 Å². The average molecular weight is 557 g/mol. The van der Waals surface area contributed by atoms with E-state index in [4.69, 9.17) is 33.5 Å². The number of halogens is 2. The second kappa shape index (κ2) is 13.3. The quantitative estimate of drug-likeness (QED) is 0.270. The third-order valence-corrected chi connectivity index (χ3v) is 7.56. The topological polar surface area (TPSA) is 48.9 Å². The van der Waals surface area contributed by atoms with Gasteiger partial charge in [0.2, 0.25) is 0 Å². The van der Waals surface area contributed by atoms with Gasteiger partial charge in [-0.05, 0) is 79.3 Å². The number of pyridine rings is 1. The van der Waals surface area contributed by atoms with E-state index in [1.165, 1.54) is 23.8 Å². The molecule has 0 bridgehead atoms. The lowest BCUT2D eigenvalue weighted by Crippen LogP contribution is -2.49. The van der Waals surface area contributed by atoms with Gasteiger partial charge in [-0.1, -0.05) is 43.7 Å². The Hall–Kier alpha value is -2.81. The Bertz CT molecular complexity index is 1280. The monoisotopic (exact) mass is 556 g/mol. The van der Waals surface area contributed by atoms with Crippen molar-refractivity contribution in [2.24, 2.45) is 0 Å². The zero-order valence-electron chi connectivity index (χ0n) is 22.0. The van der Waals surface area contributed by atoms with Crippen LogP contribution in [0.1, 0.15) is 32.3 Å². The number of benzene rings is 2. The summed E-state index contributed by atoms with van der Waals surface area (Å²) in [6, 6.07) is 14.4. The van der Waals surface area contributed by atoms with Crippen LogP contribution < -0.4 is 9.64 Å². The standard InChI is InChI=1S/C29H34ClFN4O2S/c1-3-33(4-2)13-5-6-24(38)19-21-7-11-27-22(18-21)8-12-28(32-27)34-14-16-35(17-15-34)29(36)37-23-9-10-26(31)25(30)20-23/h7-12,18,20H,3-6,13-17,19H2,1-2H3. The number of hydrogen-bond acceptors (Lipinski definition) is 6. The van der Waals surface area contributed by atoms with Crippen molar-refractivity contribution in [2.75, 3.05) is 50.7 Å². The van der Waals surface area contributed by atoms with Gasteiger partial charge in [0, 0.05) is 44.1 Å². The summed E-state index contributed by atoms with van der Waals surface area (Å²) in [5.41, 5.74) is 2.16. The molecule has 0 atom stereocenters. The van der Waals surface area contributed by atoms with E-state index in [0.717, 1.165) is 60.5 Å². The summed E-state index contributed by atoms with van der Waals surface area (Å²) in [7, 11) is 0. The Morgan fingerprint density at radius 3 is 2.55 bits per heavy atom. The molecule has 1 aliphatic heterocycles. The molecule has 1 aliphatic rings. The third-order valence-electron chi connectivity index (χ3n) is 6.92. The zero-order valence-corrected chi connectivity index (χ0v) is 23.5. The minimum Gasteiger partial charge on any atom is -0.410 e. The van der Waals surface area contributed by atoms with E-state index in [1.807, 2.05) is 6.07 Å². The maximum atomic E-state index is 13.3. The van der Waals surface area contributed by atoms with Crippen molar-refractivity contribution in [3.63, 3.8) is 0 Å². The molecule has 0 radical (unpaired) electrons. The van der Waals surface area contributed by atoms with E-state index in [9.17, 15) is 9.18 Å². The van der Waals surface area contributed by atoms with Crippen LogP contribution in [0.4, 0.5) is 15.0 Å². The van der Waals surface area contributed by atoms with Crippen molar-refractivity contribution >= 4 is 51.5 Å². The molecule has 0 N–H and O–H groups in total. The van der Waals surface area contributed by atoms with Crippen LogP contribution in [0.3, 0.4) is 0 Å². The first-order valence-electron chi connectivity index (χ1n) is 13.2. The molecule has 1 aromatic heterocycles. The van der Waals surface area contributed by atoms with Crippen LogP contribution in [0.15, 0.2) is 48.5 Å². The smallest absolute Gasteiger partial charge is 0.410 e. The fraction of sp³-hybridized carbons (Fsp3) is 0.414. The highest BCUT2D eigenvalue weighted by Gasteiger charge is 2.24. The number of aromatic nitrogens is 1. The van der Waals surface area contributed by atoms with Crippen LogP contribution in [-0.2, 0) is 6.42 Å². The lowest BCUT2D eigenvalue weighted by atomic mass is 10.0. The molecule has 38 heavy (non-hydrogen) atoms. The van der Waals surface area contributed by atoms with E-state index in [-0.39, 0.29) is 10.8 Å². The molecule has 6 nitrogen and oxygen atoms in total. The highest BCUT2D eigenvalue weighted by Crippen LogP contribution is 2.24. The van der Waals surface area contributed by atoms with E-state index < -0.39 is 11.9 Å². The fourth-order valence-corrected chi connectivity index (χ4v) is 5.11. The lowest BCUT2D eigenvalue weighted by Gasteiger charge is -2.34. The summed E-state index contributed by atoms with van der Waals surface area (Å²) in [6.07, 6.45) is 2.41. The van der Waals surface area contributed by atoms with Gasteiger partial charge in [-0.15, -0.1) is 0 Å². The molecule has 202 valence electrons. The number of ether oxygens (including phenoxy) is 1. The summed E-state index contributed by atoms with van der Waals surface area (Å²) in [4.78, 5) is 24.7. The summed E-state index contributed by atoms with van der Waals surface area (Å²) in [5, 5.41) is 1.01. The first kappa shape index (κ1) is 28.2. The van der Waals surface area contributed by atoms with E-state index in [0.29, 0.717) is 26.2 Å². The molecule has 0 unspecified atom stereocenters. The number of carbonyl (C=O) groups is 1. The van der Waals surface area contributed by atoms with Crippen molar-refractivity contribution in [1.29, 1.82) is 0 Å². The number of nitrogens with zero attached hydrogens (tertiary/aromatic N) is 4. The fourth-order valence-electron chi connectivity index (χ4n) is 4.63. The number of piperazine rings is 1. The molecule has 0 spiro atoms. The van der Waals surface area contributed by atoms with Crippen molar-refractivity contribution < 1.29 is 13.9 Å². The minimum atomic E-state index is -0.552. The van der Waals surface area contributed by atoms with Crippen molar-refractivity contribution in [2.45, 2.75) is 33.1 Å². The molecule has 3 aromatic rings. The Morgan fingerprint density at radius 2 is 1.84 bits per heavy atom. The van der Waals surface area contributed by atoms with Crippen LogP contribution in [0.2, 0.25) is 5.02 Å². The largest absolute Gasteiger partial charge is 0.415 e. The minimum absolute atomic E-state index is 0.0804. The van der Waals surface area contributed by atoms with E-state index in [1.54, 1.807) is 4.90 Å². The predicted molar refractivity (Wildman–Crippen MR) is 156 cm³/mol. The molecule has 2 aromatic carbocycles. The number of carbonyl (C=O) groups excluding carboxylic acids is 1. The van der Waals surface area contributed by atoms with Gasteiger partial charge in [-0.3, -0.25) is 0 Å². The normalized spacial score (nSPS) is 13.8. The third kappa shape index (κ3) is 7.40. The number of fused-ring (bicyclic) bond motifs is 1. The molecule has 0 saturated carbocycles. The molecule has 4 rings (SSSR count). The highest BCUT2D eigenvalue weighted by atomic mass is 35.5. The zero-order chi connectivity index (χ0) is 27.1. The summed E-state index contributed by atoms with van der Waals surface area (Å²) in [5.74, 6) is 0.555. The van der Waals surface area contributed by atoms with Crippen LogP contribution in [0.25, 0.3) is 10.9 Å². The number of anilines is 1. The van der Waals surface area contributed by atoms with Gasteiger partial charge in [0.15, 0.2) is 0 Å². The summed E-state index contributed by atoms with van der Waals surface area (Å²) >= 11 is 11.4. The van der Waals surface area contributed by atoms with Crippen LogP contribution in [-0.4, -0.2) is 71.6 Å². The summed E-state index contributed by atoms with van der Waals surface area (Å²) < 4.78 is 18.7. The van der Waals surface area contributed by atoms with Gasteiger partial charge < -0.3 is 19.4 Å². The van der Waals surface area contributed by atoms with Crippen molar-refractivity contribution in [3.05, 3.63) is 64.9 Å². The number of amides is 1. The SMILES string of the molecule is CCN(CC)CCCC(=S)Cc1ccc2nc(N3CCN(C(=O)Oc4ccc(F)c(Cl)c4)CC3)ccc2c1. The maximum absolute atomic E-state index is 13.3.